The normalized spacial score (nSPS) is 28.9. The number of carbonyl (C=O) groups is 3. The van der Waals surface area contributed by atoms with Crippen molar-refractivity contribution in [3.05, 3.63) is 28.2 Å². The van der Waals surface area contributed by atoms with E-state index in [2.05, 4.69) is 15.9 Å². The second-order valence-corrected chi connectivity index (χ2v) is 15.9. The Labute approximate surface area is 233 Å². The first-order valence-corrected chi connectivity index (χ1v) is 17.2. The molecular weight excluding hydrogens is 575 g/mol. The SMILES string of the molecule is COC(=O)CCCCN1C(=O)[C@@]2(O[C@@H](CC(=O)N3CCC[C@H]3CO)[C@H]([Si](C)(C)F)[C@H]2C)c2cc(Br)ccc21. The first kappa shape index (κ1) is 29.2. The Balaban J connectivity index is 1.65. The molecule has 3 aliphatic rings. The van der Waals surface area contributed by atoms with Crippen LogP contribution in [0.5, 0.6) is 0 Å². The maximum atomic E-state index is 16.0. The summed E-state index contributed by atoms with van der Waals surface area (Å²) in [7, 11) is -2.04. The zero-order chi connectivity index (χ0) is 27.8. The van der Waals surface area contributed by atoms with Gasteiger partial charge in [-0.2, -0.15) is 0 Å². The Morgan fingerprint density at radius 2 is 2.05 bits per heavy atom. The number of anilines is 1. The Kier molecular flexibility index (Phi) is 8.71. The van der Waals surface area contributed by atoms with E-state index in [-0.39, 0.29) is 43.3 Å². The van der Waals surface area contributed by atoms with Gasteiger partial charge in [0, 0.05) is 41.0 Å². The minimum Gasteiger partial charge on any atom is -0.469 e. The van der Waals surface area contributed by atoms with E-state index in [0.29, 0.717) is 37.2 Å². The number of methoxy groups -OCH3 is 1. The predicted octanol–water partition coefficient (Wildman–Crippen LogP) is 4.29. The van der Waals surface area contributed by atoms with Gasteiger partial charge in [-0.05, 0) is 57.0 Å². The summed E-state index contributed by atoms with van der Waals surface area (Å²) < 4.78 is 28.1. The Bertz CT molecular complexity index is 1080. The third-order valence-corrected chi connectivity index (χ3v) is 11.4. The molecule has 0 saturated carbocycles. The molecule has 11 heteroatoms. The number of nitrogens with zero attached hydrogens (tertiary/aromatic N) is 2. The van der Waals surface area contributed by atoms with E-state index >= 15 is 4.11 Å². The summed E-state index contributed by atoms with van der Waals surface area (Å²) in [6.45, 7) is 5.96. The fourth-order valence-electron chi connectivity index (χ4n) is 6.73. The van der Waals surface area contributed by atoms with Crippen molar-refractivity contribution >= 4 is 47.8 Å². The first-order chi connectivity index (χ1) is 17.9. The van der Waals surface area contributed by atoms with Crippen molar-refractivity contribution in [2.24, 2.45) is 5.92 Å². The maximum absolute atomic E-state index is 16.0. The smallest absolute Gasteiger partial charge is 0.305 e. The number of halogens is 2. The minimum atomic E-state index is -3.39. The highest BCUT2D eigenvalue weighted by Gasteiger charge is 2.67. The van der Waals surface area contributed by atoms with Gasteiger partial charge in [-0.1, -0.05) is 22.9 Å². The van der Waals surface area contributed by atoms with E-state index in [1.54, 1.807) is 22.9 Å². The average molecular weight is 614 g/mol. The summed E-state index contributed by atoms with van der Waals surface area (Å²) in [5, 5.41) is 9.71. The van der Waals surface area contributed by atoms with Gasteiger partial charge >= 0.3 is 5.97 Å². The number of likely N-dealkylation sites (tertiary alicyclic amines) is 1. The number of carbonyl (C=O) groups excluding carboxylic acids is 3. The second-order valence-electron chi connectivity index (χ2n) is 11.2. The van der Waals surface area contributed by atoms with Crippen molar-refractivity contribution in [3.63, 3.8) is 0 Å². The fraction of sp³-hybridized carbons (Fsp3) is 0.667. The predicted molar refractivity (Wildman–Crippen MR) is 147 cm³/mol. The lowest BCUT2D eigenvalue weighted by Gasteiger charge is -2.31. The number of aliphatic hydroxyl groups excluding tert-OH is 1. The molecule has 0 aromatic heterocycles. The summed E-state index contributed by atoms with van der Waals surface area (Å²) in [4.78, 5) is 42.5. The molecule has 2 amide bonds. The molecule has 8 nitrogen and oxygen atoms in total. The highest BCUT2D eigenvalue weighted by molar-refractivity contribution is 9.10. The van der Waals surface area contributed by atoms with Crippen LogP contribution in [0.25, 0.3) is 0 Å². The van der Waals surface area contributed by atoms with E-state index in [0.717, 1.165) is 17.3 Å². The van der Waals surface area contributed by atoms with Crippen molar-refractivity contribution in [3.8, 4) is 0 Å². The van der Waals surface area contributed by atoms with Crippen molar-refractivity contribution in [1.29, 1.82) is 0 Å². The third-order valence-electron chi connectivity index (χ3n) is 8.45. The molecule has 0 unspecified atom stereocenters. The number of rotatable bonds is 9. The minimum absolute atomic E-state index is 0.0245. The first-order valence-electron chi connectivity index (χ1n) is 13.4. The fourth-order valence-corrected chi connectivity index (χ4v) is 9.58. The van der Waals surface area contributed by atoms with Crippen LogP contribution in [0.15, 0.2) is 22.7 Å². The summed E-state index contributed by atoms with van der Waals surface area (Å²) in [5.41, 5.74) is -0.567. The van der Waals surface area contributed by atoms with Crippen molar-refractivity contribution < 1.29 is 33.1 Å². The average Bonchev–Trinajstić information content (AvgIpc) is 3.51. The maximum Gasteiger partial charge on any atom is 0.305 e. The molecule has 2 saturated heterocycles. The van der Waals surface area contributed by atoms with Gasteiger partial charge in [0.1, 0.15) is 0 Å². The molecule has 2 fully saturated rings. The molecular formula is C27H38BrFN2O6Si. The number of esters is 1. The molecule has 0 bridgehead atoms. The van der Waals surface area contributed by atoms with Gasteiger partial charge in [0.2, 0.25) is 14.3 Å². The van der Waals surface area contributed by atoms with E-state index in [1.807, 2.05) is 25.1 Å². The Morgan fingerprint density at radius 1 is 1.32 bits per heavy atom. The van der Waals surface area contributed by atoms with Gasteiger partial charge in [0.25, 0.3) is 5.91 Å². The molecule has 4 rings (SSSR count). The topological polar surface area (TPSA) is 96.4 Å². The third kappa shape index (κ3) is 5.19. The number of ether oxygens (including phenoxy) is 2. The van der Waals surface area contributed by atoms with Gasteiger partial charge in [-0.25, -0.2) is 0 Å². The summed E-state index contributed by atoms with van der Waals surface area (Å²) >= 11 is 3.53. The lowest BCUT2D eigenvalue weighted by molar-refractivity contribution is -0.150. The zero-order valence-electron chi connectivity index (χ0n) is 22.5. The van der Waals surface area contributed by atoms with Crippen LogP contribution in [0.2, 0.25) is 18.6 Å². The van der Waals surface area contributed by atoms with E-state index in [9.17, 15) is 19.5 Å². The highest BCUT2D eigenvalue weighted by atomic mass is 79.9. The molecule has 5 atom stereocenters. The molecule has 1 spiro atoms. The Morgan fingerprint density at radius 3 is 2.71 bits per heavy atom. The van der Waals surface area contributed by atoms with Crippen molar-refractivity contribution in [2.75, 3.05) is 31.7 Å². The number of hydrogen-bond donors (Lipinski definition) is 1. The molecule has 0 radical (unpaired) electrons. The van der Waals surface area contributed by atoms with Crippen LogP contribution in [-0.4, -0.2) is 75.1 Å². The Hall–Kier alpha value is -1.82. The molecule has 0 aliphatic carbocycles. The van der Waals surface area contributed by atoms with Gasteiger partial charge in [0.15, 0.2) is 5.60 Å². The van der Waals surface area contributed by atoms with Gasteiger partial charge < -0.3 is 28.5 Å². The standard InChI is InChI=1S/C27H38BrFN2O6Si/c1-17-25(38(3,4)29)22(15-23(33)30-13-7-8-19(30)16-32)37-27(17)20-14-18(28)10-11-21(20)31(26(27)35)12-6-5-9-24(34)36-2/h10-11,14,17,19,22,25,32H,5-9,12-13,15-16H2,1-4H3/t17-,19+,22+,25-,27+/m1/s1. The highest BCUT2D eigenvalue weighted by Crippen LogP contribution is 2.60. The summed E-state index contributed by atoms with van der Waals surface area (Å²) in [6.07, 6.45) is 2.21. The monoisotopic (exact) mass is 612 g/mol. The van der Waals surface area contributed by atoms with Gasteiger partial charge in [-0.3, -0.25) is 14.4 Å². The van der Waals surface area contributed by atoms with Crippen LogP contribution in [0, 0.1) is 5.92 Å². The van der Waals surface area contributed by atoms with Crippen LogP contribution in [0.1, 0.15) is 51.0 Å². The number of hydrogen-bond acceptors (Lipinski definition) is 6. The molecule has 3 heterocycles. The summed E-state index contributed by atoms with van der Waals surface area (Å²) in [6, 6.07) is 5.37. The number of amides is 2. The number of aliphatic hydroxyl groups is 1. The van der Waals surface area contributed by atoms with Crippen LogP contribution < -0.4 is 4.90 Å². The second kappa shape index (κ2) is 11.3. The van der Waals surface area contributed by atoms with Gasteiger partial charge in [-0.15, -0.1) is 0 Å². The lowest BCUT2D eigenvalue weighted by Crippen LogP contribution is -2.45. The van der Waals surface area contributed by atoms with E-state index < -0.39 is 31.6 Å². The van der Waals surface area contributed by atoms with Crippen LogP contribution >= 0.6 is 15.9 Å². The zero-order valence-corrected chi connectivity index (χ0v) is 25.1. The quantitative estimate of drug-likeness (QED) is 0.193. The molecule has 1 aromatic rings. The van der Waals surface area contributed by atoms with Crippen molar-refractivity contribution in [1.82, 2.24) is 4.90 Å². The largest absolute Gasteiger partial charge is 0.469 e. The molecule has 210 valence electrons. The van der Waals surface area contributed by atoms with Crippen molar-refractivity contribution in [2.45, 2.75) is 81.8 Å². The number of unbranched alkanes of at least 4 members (excludes halogenated alkanes) is 1. The molecule has 1 N–H and O–H groups in total. The molecule has 38 heavy (non-hydrogen) atoms. The van der Waals surface area contributed by atoms with Crippen LogP contribution in [0.4, 0.5) is 9.80 Å². The van der Waals surface area contributed by atoms with Gasteiger partial charge in [0.05, 0.1) is 38.0 Å². The molecule has 3 aliphatic heterocycles. The summed E-state index contributed by atoms with van der Waals surface area (Å²) in [5.74, 6) is -1.19. The molecule has 1 aromatic carbocycles. The number of benzene rings is 1. The van der Waals surface area contributed by atoms with E-state index in [1.165, 1.54) is 7.11 Å². The number of fused-ring (bicyclic) bond motifs is 2. The van der Waals surface area contributed by atoms with Crippen LogP contribution in [-0.2, 0) is 29.5 Å². The van der Waals surface area contributed by atoms with Crippen LogP contribution in [0.3, 0.4) is 0 Å². The van der Waals surface area contributed by atoms with E-state index in [4.69, 9.17) is 9.47 Å². The lowest BCUT2D eigenvalue weighted by atomic mass is 9.82.